The minimum absolute atomic E-state index is 0.335. The highest BCUT2D eigenvalue weighted by molar-refractivity contribution is 14.1. The minimum atomic E-state index is -0.335. The van der Waals surface area contributed by atoms with Gasteiger partial charge in [0.05, 0.1) is 24.0 Å². The Kier molecular flexibility index (Phi) is 9.52. The van der Waals surface area contributed by atoms with Crippen LogP contribution in [0.25, 0.3) is 0 Å². The van der Waals surface area contributed by atoms with E-state index in [0.29, 0.717) is 35.8 Å². The van der Waals surface area contributed by atoms with Gasteiger partial charge in [0, 0.05) is 15.6 Å². The topological polar surface area (TPSA) is 69.2 Å². The summed E-state index contributed by atoms with van der Waals surface area (Å²) in [6.45, 7) is 4.25. The van der Waals surface area contributed by atoms with Crippen LogP contribution < -0.4 is 19.6 Å². The third-order valence-electron chi connectivity index (χ3n) is 4.83. The van der Waals surface area contributed by atoms with E-state index in [9.17, 15) is 4.79 Å². The summed E-state index contributed by atoms with van der Waals surface area (Å²) in [5, 5.41) is 4.11. The van der Waals surface area contributed by atoms with Crippen molar-refractivity contribution in [2.24, 2.45) is 5.10 Å². The number of rotatable bonds is 10. The van der Waals surface area contributed by atoms with Crippen molar-refractivity contribution in [1.82, 2.24) is 5.43 Å². The molecule has 3 aromatic rings. The number of hydrogen-bond donors (Lipinski definition) is 1. The van der Waals surface area contributed by atoms with Gasteiger partial charge < -0.3 is 14.2 Å². The number of nitrogens with zero attached hydrogens (tertiary/aromatic N) is 1. The number of hydrazone groups is 1. The molecule has 0 aromatic heterocycles. The van der Waals surface area contributed by atoms with E-state index >= 15 is 0 Å². The van der Waals surface area contributed by atoms with Crippen LogP contribution in [-0.4, -0.2) is 26.3 Å². The Hall–Kier alpha value is -2.85. The molecule has 176 valence electrons. The first-order chi connectivity index (χ1) is 16.4. The normalized spacial score (nSPS) is 10.7. The maximum Gasteiger partial charge on any atom is 0.271 e. The van der Waals surface area contributed by atoms with E-state index in [1.54, 1.807) is 38.6 Å². The fourth-order valence-electron chi connectivity index (χ4n) is 3.15. The highest BCUT2D eigenvalue weighted by Gasteiger charge is 2.13. The molecule has 8 heteroatoms. The van der Waals surface area contributed by atoms with Crippen LogP contribution >= 0.6 is 38.5 Å². The lowest BCUT2D eigenvalue weighted by atomic mass is 10.1. The zero-order valence-corrected chi connectivity index (χ0v) is 22.6. The van der Waals surface area contributed by atoms with Crippen molar-refractivity contribution in [2.45, 2.75) is 13.0 Å². The Morgan fingerprint density at radius 2 is 1.82 bits per heavy atom. The summed E-state index contributed by atoms with van der Waals surface area (Å²) >= 11 is 5.59. The van der Waals surface area contributed by atoms with Gasteiger partial charge in [-0.15, -0.1) is 6.58 Å². The number of carbonyl (C=O) groups excluding carboxylic acids is 1. The summed E-state index contributed by atoms with van der Waals surface area (Å²) < 4.78 is 18.9. The Morgan fingerprint density at radius 3 is 2.50 bits per heavy atom. The second kappa shape index (κ2) is 12.6. The number of ether oxygens (including phenoxy) is 3. The summed E-state index contributed by atoms with van der Waals surface area (Å²) in [4.78, 5) is 12.5. The Balaban J connectivity index is 1.77. The van der Waals surface area contributed by atoms with Crippen LogP contribution in [0.1, 0.15) is 27.0 Å². The molecule has 0 aliphatic heterocycles. The molecule has 0 fully saturated rings. The van der Waals surface area contributed by atoms with Crippen molar-refractivity contribution in [3.05, 3.63) is 97.5 Å². The van der Waals surface area contributed by atoms with Crippen molar-refractivity contribution in [3.63, 3.8) is 0 Å². The van der Waals surface area contributed by atoms with Crippen LogP contribution in [0, 0.1) is 3.57 Å². The molecule has 6 nitrogen and oxygen atoms in total. The molecule has 0 atom stereocenters. The summed E-state index contributed by atoms with van der Waals surface area (Å²) in [6, 6.07) is 16.9. The average Bonchev–Trinajstić information content (AvgIpc) is 2.84. The number of methoxy groups -OCH3 is 2. The molecule has 3 rings (SSSR count). The first-order valence-electron chi connectivity index (χ1n) is 10.3. The van der Waals surface area contributed by atoms with Gasteiger partial charge in [-0.2, -0.15) is 5.10 Å². The van der Waals surface area contributed by atoms with E-state index in [1.807, 2.05) is 42.5 Å². The molecule has 0 unspecified atom stereocenters. The lowest BCUT2D eigenvalue weighted by Crippen LogP contribution is -2.17. The van der Waals surface area contributed by atoms with E-state index in [2.05, 4.69) is 55.6 Å². The second-order valence-electron chi connectivity index (χ2n) is 7.17. The molecule has 0 spiro atoms. The fourth-order valence-corrected chi connectivity index (χ4v) is 3.97. The zero-order valence-electron chi connectivity index (χ0n) is 18.8. The van der Waals surface area contributed by atoms with Gasteiger partial charge in [0.25, 0.3) is 5.91 Å². The molecule has 0 saturated heterocycles. The first kappa shape index (κ1) is 25.8. The van der Waals surface area contributed by atoms with Gasteiger partial charge in [0.1, 0.15) is 12.4 Å². The summed E-state index contributed by atoms with van der Waals surface area (Å²) in [5.74, 6) is 1.53. The van der Waals surface area contributed by atoms with Crippen molar-refractivity contribution >= 4 is 50.6 Å². The molecule has 1 N–H and O–H groups in total. The van der Waals surface area contributed by atoms with Crippen LogP contribution in [0.3, 0.4) is 0 Å². The molecule has 0 heterocycles. The van der Waals surface area contributed by atoms with Crippen molar-refractivity contribution in [1.29, 1.82) is 0 Å². The first-order valence-corrected chi connectivity index (χ1v) is 12.2. The highest BCUT2D eigenvalue weighted by atomic mass is 127. The molecule has 3 aromatic carbocycles. The third-order valence-corrected chi connectivity index (χ3v) is 6.25. The van der Waals surface area contributed by atoms with Crippen molar-refractivity contribution in [2.75, 3.05) is 14.2 Å². The number of halogens is 2. The Morgan fingerprint density at radius 1 is 1.09 bits per heavy atom. The molecule has 0 aliphatic rings. The van der Waals surface area contributed by atoms with Crippen molar-refractivity contribution < 1.29 is 19.0 Å². The van der Waals surface area contributed by atoms with E-state index in [-0.39, 0.29) is 5.91 Å². The highest BCUT2D eigenvalue weighted by Crippen LogP contribution is 2.34. The van der Waals surface area contributed by atoms with Gasteiger partial charge in [-0.05, 0) is 82.6 Å². The van der Waals surface area contributed by atoms with Crippen LogP contribution in [-0.2, 0) is 13.0 Å². The fraction of sp³-hybridized carbons (Fsp3) is 0.154. The van der Waals surface area contributed by atoms with Gasteiger partial charge in [0.15, 0.2) is 11.5 Å². The van der Waals surface area contributed by atoms with Crippen molar-refractivity contribution in [3.8, 4) is 17.2 Å². The molecule has 1 amide bonds. The van der Waals surface area contributed by atoms with Crippen LogP contribution in [0.5, 0.6) is 17.2 Å². The SMILES string of the molecule is C=CCc1cc(/C=N\NC(=O)c2ccc(I)c(OC)c2)cc(OC)c1OCc1ccc(Br)cc1. The van der Waals surface area contributed by atoms with E-state index in [4.69, 9.17) is 14.2 Å². The predicted octanol–water partition coefficient (Wildman–Crippen LogP) is 6.14. The Bertz CT molecular complexity index is 1200. The number of hydrogen-bond acceptors (Lipinski definition) is 5. The third kappa shape index (κ3) is 6.83. The summed E-state index contributed by atoms with van der Waals surface area (Å²) in [6.07, 6.45) is 3.95. The van der Waals surface area contributed by atoms with E-state index in [1.165, 1.54) is 0 Å². The summed E-state index contributed by atoms with van der Waals surface area (Å²) in [7, 11) is 3.16. The average molecular weight is 635 g/mol. The smallest absolute Gasteiger partial charge is 0.271 e. The maximum atomic E-state index is 12.5. The van der Waals surface area contributed by atoms with Gasteiger partial charge in [-0.3, -0.25) is 4.79 Å². The van der Waals surface area contributed by atoms with Crippen LogP contribution in [0.15, 0.2) is 76.8 Å². The van der Waals surface area contributed by atoms with Gasteiger partial charge in [-0.1, -0.05) is 34.1 Å². The molecular weight excluding hydrogens is 611 g/mol. The van der Waals surface area contributed by atoms with Crippen LogP contribution in [0.4, 0.5) is 0 Å². The molecule has 0 radical (unpaired) electrons. The van der Waals surface area contributed by atoms with Gasteiger partial charge >= 0.3 is 0 Å². The number of allylic oxidation sites excluding steroid dienone is 1. The quantitative estimate of drug-likeness (QED) is 0.126. The standard InChI is InChI=1S/C26H24BrIN2O4/c1-4-5-19-12-18(15-29-30-26(31)20-8-11-22(28)23(14-20)32-2)13-24(33-3)25(19)34-16-17-6-9-21(27)10-7-17/h4,6-15H,1,5,16H2,2-3H3,(H,30,31)/b29-15-. The molecule has 0 aliphatic carbocycles. The Labute approximate surface area is 221 Å². The number of amides is 1. The number of nitrogens with one attached hydrogen (secondary N) is 1. The molecule has 0 saturated carbocycles. The second-order valence-corrected chi connectivity index (χ2v) is 9.25. The zero-order chi connectivity index (χ0) is 24.5. The number of carbonyl (C=O) groups is 1. The van der Waals surface area contributed by atoms with Crippen LogP contribution in [0.2, 0.25) is 0 Å². The predicted molar refractivity (Wildman–Crippen MR) is 146 cm³/mol. The van der Waals surface area contributed by atoms with Gasteiger partial charge in [0.2, 0.25) is 0 Å². The molecular formula is C26H24BrIN2O4. The minimum Gasteiger partial charge on any atom is -0.496 e. The largest absolute Gasteiger partial charge is 0.496 e. The van der Waals surface area contributed by atoms with E-state index in [0.717, 1.165) is 24.7 Å². The molecule has 0 bridgehead atoms. The molecule has 34 heavy (non-hydrogen) atoms. The van der Waals surface area contributed by atoms with E-state index < -0.39 is 0 Å². The summed E-state index contributed by atoms with van der Waals surface area (Å²) in [5.41, 5.74) is 5.70. The number of benzene rings is 3. The maximum absolute atomic E-state index is 12.5. The monoisotopic (exact) mass is 634 g/mol. The lowest BCUT2D eigenvalue weighted by Gasteiger charge is -2.16. The lowest BCUT2D eigenvalue weighted by molar-refractivity contribution is 0.0954. The van der Waals surface area contributed by atoms with Gasteiger partial charge in [-0.25, -0.2) is 5.43 Å².